The van der Waals surface area contributed by atoms with Gasteiger partial charge in [-0.2, -0.15) is 0 Å². The van der Waals surface area contributed by atoms with Crippen molar-refractivity contribution in [1.82, 2.24) is 20.3 Å². The molecule has 0 aliphatic carbocycles. The number of H-pyrrole nitrogens is 1. The van der Waals surface area contributed by atoms with Crippen molar-refractivity contribution in [2.75, 3.05) is 5.75 Å². The Kier molecular flexibility index (Phi) is 3.73. The second-order valence-corrected chi connectivity index (χ2v) is 7.14. The fraction of sp³-hybridized carbons (Fsp3) is 0.300. The molecule has 3 rings (SSSR count). The highest BCUT2D eigenvalue weighted by atomic mass is 32.2. The average Bonchev–Trinajstić information content (AvgIpc) is 2.99. The monoisotopic (exact) mass is 343 g/mol. The van der Waals surface area contributed by atoms with Gasteiger partial charge < -0.3 is 10.8 Å². The molecule has 0 radical (unpaired) electrons. The van der Waals surface area contributed by atoms with Gasteiger partial charge >= 0.3 is 5.97 Å². The van der Waals surface area contributed by atoms with Crippen molar-refractivity contribution >= 4 is 51.8 Å². The minimum absolute atomic E-state index is 0.0405. The molecule has 110 valence electrons. The van der Waals surface area contributed by atoms with Crippen LogP contribution in [0.5, 0.6) is 0 Å². The largest absolute Gasteiger partial charge is 0.477 e. The minimum atomic E-state index is -1.16. The molecule has 21 heavy (non-hydrogen) atoms. The summed E-state index contributed by atoms with van der Waals surface area (Å²) in [6.45, 7) is 0. The number of aromatic nitrogens is 3. The van der Waals surface area contributed by atoms with Crippen LogP contribution >= 0.6 is 35.7 Å². The minimum Gasteiger partial charge on any atom is -0.477 e. The topological polar surface area (TPSA) is 125 Å². The van der Waals surface area contributed by atoms with Crippen LogP contribution in [0.15, 0.2) is 16.8 Å². The van der Waals surface area contributed by atoms with Crippen LogP contribution in [0.3, 0.4) is 0 Å². The molecule has 2 atom stereocenters. The predicted octanol–water partition coefficient (Wildman–Crippen LogP) is -0.248. The van der Waals surface area contributed by atoms with E-state index >= 15 is 0 Å². The molecule has 3 heterocycles. The maximum Gasteiger partial charge on any atom is 0.353 e. The number of fused-ring (bicyclic) bond motifs is 1. The summed E-state index contributed by atoms with van der Waals surface area (Å²) in [6, 6.07) is -0.640. The van der Waals surface area contributed by atoms with Gasteiger partial charge in [0, 0.05) is 10.7 Å². The molecule has 11 heteroatoms. The maximum absolute atomic E-state index is 11.8. The lowest BCUT2D eigenvalue weighted by molar-refractivity contribution is -0.147. The van der Waals surface area contributed by atoms with Crippen LogP contribution in [-0.4, -0.2) is 58.7 Å². The average molecular weight is 343 g/mol. The summed E-state index contributed by atoms with van der Waals surface area (Å²) < 4.78 is 0.397. The zero-order valence-corrected chi connectivity index (χ0v) is 12.8. The number of carbonyl (C=O) groups is 2. The van der Waals surface area contributed by atoms with Gasteiger partial charge in [0.05, 0.1) is 6.20 Å². The van der Waals surface area contributed by atoms with Gasteiger partial charge in [0.15, 0.2) is 0 Å². The van der Waals surface area contributed by atoms with Crippen molar-refractivity contribution < 1.29 is 14.7 Å². The number of hydrogen-bond donors (Lipinski definition) is 3. The number of nitrogens with two attached hydrogens (primary N) is 1. The molecule has 0 aromatic carbocycles. The highest BCUT2D eigenvalue weighted by molar-refractivity contribution is 8.26. The Balaban J connectivity index is 1.90. The summed E-state index contributed by atoms with van der Waals surface area (Å²) in [4.78, 5) is 25.0. The van der Waals surface area contributed by atoms with Crippen molar-refractivity contribution in [3.8, 4) is 0 Å². The summed E-state index contributed by atoms with van der Waals surface area (Å²) in [5.74, 6) is -1.10. The highest BCUT2D eigenvalue weighted by Crippen LogP contribution is 2.43. The first-order valence-corrected chi connectivity index (χ1v) is 8.03. The van der Waals surface area contributed by atoms with E-state index in [0.717, 1.165) is 11.8 Å². The molecule has 2 aliphatic heterocycles. The maximum atomic E-state index is 11.8. The third kappa shape index (κ3) is 2.35. The SMILES string of the molecule is N[C@@H]1C(=O)N2C(C(=O)O)=C(SC(=S)c3c[nH]nn3)CS[C@@H]12. The smallest absolute Gasteiger partial charge is 0.353 e. The first kappa shape index (κ1) is 14.5. The Bertz CT molecular complexity index is 659. The molecule has 0 bridgehead atoms. The molecule has 0 unspecified atom stereocenters. The van der Waals surface area contributed by atoms with Gasteiger partial charge in [-0.1, -0.05) is 29.2 Å². The lowest BCUT2D eigenvalue weighted by Crippen LogP contribution is -2.68. The number of carboxylic acids is 1. The molecule has 4 N–H and O–H groups in total. The number of carbonyl (C=O) groups excluding carboxylic acids is 1. The van der Waals surface area contributed by atoms with E-state index in [9.17, 15) is 14.7 Å². The number of β-lactam (4-membered cyclic amide) rings is 1. The van der Waals surface area contributed by atoms with E-state index in [1.165, 1.54) is 22.9 Å². The van der Waals surface area contributed by atoms with Crippen LogP contribution in [0.2, 0.25) is 0 Å². The molecule has 0 saturated carbocycles. The highest BCUT2D eigenvalue weighted by Gasteiger charge is 2.52. The van der Waals surface area contributed by atoms with Crippen LogP contribution in [0.25, 0.3) is 0 Å². The van der Waals surface area contributed by atoms with Crippen molar-refractivity contribution in [3.05, 3.63) is 22.5 Å². The number of carboxylic acid groups (broad SMARTS) is 1. The molecule has 1 saturated heterocycles. The zero-order valence-electron chi connectivity index (χ0n) is 10.3. The zero-order chi connectivity index (χ0) is 15.1. The number of nitrogens with zero attached hydrogens (tertiary/aromatic N) is 3. The quantitative estimate of drug-likeness (QED) is 0.503. The molecular weight excluding hydrogens is 334 g/mol. The van der Waals surface area contributed by atoms with Gasteiger partial charge in [-0.05, 0) is 0 Å². The normalized spacial score (nSPS) is 24.6. The van der Waals surface area contributed by atoms with Gasteiger partial charge in [0.2, 0.25) is 5.91 Å². The standard InChI is InChI=1S/C10H9N5O3S3/c11-5-7(16)15-6(9(17)18)4(2-20-8(5)15)21-10(19)3-1-12-14-13-3/h1,5,8H,2,11H2,(H,17,18)(H,12,13,14)/t5-,8+/m1/s1. The lowest BCUT2D eigenvalue weighted by atomic mass is 10.1. The predicted molar refractivity (Wildman–Crippen MR) is 81.4 cm³/mol. The second kappa shape index (κ2) is 5.40. The van der Waals surface area contributed by atoms with Gasteiger partial charge in [0.25, 0.3) is 0 Å². The Labute approximate surface area is 132 Å². The van der Waals surface area contributed by atoms with E-state index in [4.69, 9.17) is 18.0 Å². The Morgan fingerprint density at radius 3 is 3.05 bits per heavy atom. The van der Waals surface area contributed by atoms with E-state index in [1.54, 1.807) is 0 Å². The summed E-state index contributed by atoms with van der Waals surface area (Å²) >= 11 is 7.75. The third-order valence-electron chi connectivity index (χ3n) is 3.02. The first-order chi connectivity index (χ1) is 10.0. The van der Waals surface area contributed by atoms with Crippen LogP contribution in [0.4, 0.5) is 0 Å². The summed E-state index contributed by atoms with van der Waals surface area (Å²) in [6.07, 6.45) is 1.53. The molecule has 1 aromatic rings. The van der Waals surface area contributed by atoms with E-state index in [-0.39, 0.29) is 17.0 Å². The number of hydrogen-bond acceptors (Lipinski definition) is 8. The summed E-state index contributed by atoms with van der Waals surface area (Å²) in [7, 11) is 0. The Morgan fingerprint density at radius 1 is 1.67 bits per heavy atom. The fourth-order valence-electron chi connectivity index (χ4n) is 2.03. The fourth-order valence-corrected chi connectivity index (χ4v) is 4.72. The van der Waals surface area contributed by atoms with Gasteiger partial charge in [-0.3, -0.25) is 14.8 Å². The van der Waals surface area contributed by atoms with Crippen molar-refractivity contribution in [2.45, 2.75) is 11.4 Å². The van der Waals surface area contributed by atoms with Gasteiger partial charge in [-0.25, -0.2) is 4.79 Å². The molecule has 1 fully saturated rings. The van der Waals surface area contributed by atoms with E-state index < -0.39 is 12.0 Å². The lowest BCUT2D eigenvalue weighted by Gasteiger charge is -2.47. The number of amides is 1. The van der Waals surface area contributed by atoms with Gasteiger partial charge in [0.1, 0.15) is 27.0 Å². The van der Waals surface area contributed by atoms with Crippen LogP contribution in [0, 0.1) is 0 Å². The van der Waals surface area contributed by atoms with Crippen molar-refractivity contribution in [1.29, 1.82) is 0 Å². The first-order valence-electron chi connectivity index (χ1n) is 5.76. The van der Waals surface area contributed by atoms with E-state index in [0.29, 0.717) is 20.5 Å². The molecule has 2 aliphatic rings. The molecular formula is C10H9N5O3S3. The molecule has 0 spiro atoms. The van der Waals surface area contributed by atoms with Gasteiger partial charge in [-0.15, -0.1) is 16.9 Å². The number of rotatable bonds is 3. The Hall–Kier alpha value is -1.43. The second-order valence-electron chi connectivity index (χ2n) is 4.26. The molecule has 1 aromatic heterocycles. The molecule has 1 amide bonds. The van der Waals surface area contributed by atoms with Crippen LogP contribution in [0.1, 0.15) is 5.69 Å². The van der Waals surface area contributed by atoms with E-state index in [1.807, 2.05) is 0 Å². The van der Waals surface area contributed by atoms with Crippen LogP contribution < -0.4 is 5.73 Å². The number of aliphatic carboxylic acids is 1. The van der Waals surface area contributed by atoms with E-state index in [2.05, 4.69) is 15.4 Å². The number of thiocarbonyl (C=S) groups is 1. The third-order valence-corrected chi connectivity index (χ3v) is 5.94. The number of aromatic amines is 1. The summed E-state index contributed by atoms with van der Waals surface area (Å²) in [5.41, 5.74) is 6.10. The molecule has 8 nitrogen and oxygen atoms in total. The Morgan fingerprint density at radius 2 is 2.43 bits per heavy atom. The van der Waals surface area contributed by atoms with Crippen molar-refractivity contribution in [3.63, 3.8) is 0 Å². The van der Waals surface area contributed by atoms with Crippen LogP contribution in [-0.2, 0) is 9.59 Å². The van der Waals surface area contributed by atoms with Crippen molar-refractivity contribution in [2.24, 2.45) is 5.73 Å². The number of nitrogens with one attached hydrogen (secondary N) is 1. The summed E-state index contributed by atoms with van der Waals surface area (Å²) in [5, 5.41) is 19.0. The number of thioether (sulfide) groups is 2.